The predicted molar refractivity (Wildman–Crippen MR) is 116 cm³/mol. The van der Waals surface area contributed by atoms with Crippen molar-refractivity contribution >= 4 is 40.8 Å². The number of halogens is 2. The van der Waals surface area contributed by atoms with E-state index in [2.05, 4.69) is 27.3 Å². The largest absolute Gasteiger partial charge is 0.312 e. The molecule has 0 spiro atoms. The van der Waals surface area contributed by atoms with Gasteiger partial charge in [0, 0.05) is 39.6 Å². The lowest BCUT2D eigenvalue weighted by molar-refractivity contribution is 0.575. The molecule has 29 heavy (non-hydrogen) atoms. The molecule has 3 aromatic rings. The Kier molecular flexibility index (Phi) is 4.33. The van der Waals surface area contributed by atoms with Crippen LogP contribution in [0.3, 0.4) is 0 Å². The number of hydrogen-bond acceptors (Lipinski definition) is 5. The van der Waals surface area contributed by atoms with Crippen molar-refractivity contribution in [2.24, 2.45) is 4.99 Å². The molecule has 1 atom stereocenters. The topological polar surface area (TPSA) is 62.5 Å². The van der Waals surface area contributed by atoms with Crippen molar-refractivity contribution in [1.29, 1.82) is 0 Å². The number of aromatic nitrogens is 2. The van der Waals surface area contributed by atoms with Crippen LogP contribution in [-0.2, 0) is 6.42 Å². The molecule has 0 saturated heterocycles. The van der Waals surface area contributed by atoms with Gasteiger partial charge in [0.25, 0.3) is 5.56 Å². The zero-order valence-corrected chi connectivity index (χ0v) is 17.1. The third kappa shape index (κ3) is 3.09. The SMILES string of the molecule is Cc1cc(=O)n2c(n1)NC(N1CCc3ccccc31)=N[C@H]2c1ccc(Cl)cc1Cl. The normalized spacial score (nSPS) is 17.4. The number of para-hydroxylation sites is 1. The van der Waals surface area contributed by atoms with Crippen molar-refractivity contribution in [1.82, 2.24) is 9.55 Å². The van der Waals surface area contributed by atoms with Gasteiger partial charge in [-0.1, -0.05) is 47.5 Å². The molecular weight excluding hydrogens is 409 g/mol. The van der Waals surface area contributed by atoms with Crippen molar-refractivity contribution in [3.8, 4) is 0 Å². The molecular formula is C21H17Cl2N5O. The average Bonchev–Trinajstić information content (AvgIpc) is 3.11. The van der Waals surface area contributed by atoms with Gasteiger partial charge in [-0.3, -0.25) is 14.7 Å². The van der Waals surface area contributed by atoms with Crippen LogP contribution in [0.5, 0.6) is 0 Å². The Bertz CT molecular complexity index is 1220. The third-order valence-electron chi connectivity index (χ3n) is 5.18. The third-order valence-corrected chi connectivity index (χ3v) is 5.74. The molecule has 2 aromatic carbocycles. The number of nitrogens with zero attached hydrogens (tertiary/aromatic N) is 4. The Balaban J connectivity index is 1.68. The molecule has 3 heterocycles. The molecule has 1 N–H and O–H groups in total. The predicted octanol–water partition coefficient (Wildman–Crippen LogP) is 4.25. The Morgan fingerprint density at radius 1 is 1.14 bits per heavy atom. The molecule has 146 valence electrons. The zero-order valence-electron chi connectivity index (χ0n) is 15.6. The monoisotopic (exact) mass is 425 g/mol. The number of anilines is 2. The van der Waals surface area contributed by atoms with E-state index in [-0.39, 0.29) is 5.56 Å². The van der Waals surface area contributed by atoms with Gasteiger partial charge in [0.15, 0.2) is 6.17 Å². The van der Waals surface area contributed by atoms with Gasteiger partial charge in [-0.25, -0.2) is 9.98 Å². The fraction of sp³-hybridized carbons (Fsp3) is 0.190. The minimum absolute atomic E-state index is 0.194. The van der Waals surface area contributed by atoms with Gasteiger partial charge < -0.3 is 4.90 Å². The van der Waals surface area contributed by atoms with Crippen LogP contribution in [-0.4, -0.2) is 22.1 Å². The van der Waals surface area contributed by atoms with Gasteiger partial charge in [0.05, 0.1) is 0 Å². The van der Waals surface area contributed by atoms with Gasteiger partial charge in [-0.05, 0) is 37.1 Å². The summed E-state index contributed by atoms with van der Waals surface area (Å²) in [5.74, 6) is 1.09. The van der Waals surface area contributed by atoms with Gasteiger partial charge in [0.1, 0.15) is 0 Å². The molecule has 0 radical (unpaired) electrons. The minimum Gasteiger partial charge on any atom is -0.312 e. The van der Waals surface area contributed by atoms with Crippen LogP contribution < -0.4 is 15.8 Å². The molecule has 8 heteroatoms. The summed E-state index contributed by atoms with van der Waals surface area (Å²) in [7, 11) is 0. The van der Waals surface area contributed by atoms with Crippen molar-refractivity contribution in [3.05, 3.63) is 85.8 Å². The van der Waals surface area contributed by atoms with E-state index >= 15 is 0 Å². The van der Waals surface area contributed by atoms with Crippen LogP contribution in [0.4, 0.5) is 11.6 Å². The Hall–Kier alpha value is -2.83. The summed E-state index contributed by atoms with van der Waals surface area (Å²) in [6.07, 6.45) is 0.288. The lowest BCUT2D eigenvalue weighted by atomic mass is 10.1. The van der Waals surface area contributed by atoms with Crippen LogP contribution in [0, 0.1) is 6.92 Å². The lowest BCUT2D eigenvalue weighted by Gasteiger charge is -2.31. The van der Waals surface area contributed by atoms with Crippen LogP contribution in [0.15, 0.2) is 58.3 Å². The summed E-state index contributed by atoms with van der Waals surface area (Å²) in [4.78, 5) is 24.4. The van der Waals surface area contributed by atoms with E-state index < -0.39 is 6.17 Å². The first-order valence-electron chi connectivity index (χ1n) is 9.26. The smallest absolute Gasteiger partial charge is 0.257 e. The van der Waals surface area contributed by atoms with E-state index in [1.54, 1.807) is 25.1 Å². The molecule has 0 fully saturated rings. The van der Waals surface area contributed by atoms with Gasteiger partial charge in [-0.15, -0.1) is 0 Å². The molecule has 5 rings (SSSR count). The summed E-state index contributed by atoms with van der Waals surface area (Å²) >= 11 is 12.6. The maximum absolute atomic E-state index is 12.8. The first-order chi connectivity index (χ1) is 14.0. The van der Waals surface area contributed by atoms with Crippen molar-refractivity contribution in [2.75, 3.05) is 16.8 Å². The summed E-state index contributed by atoms with van der Waals surface area (Å²) in [6, 6.07) is 14.9. The highest BCUT2D eigenvalue weighted by molar-refractivity contribution is 6.35. The Labute approximate surface area is 177 Å². The molecule has 0 bridgehead atoms. The first-order valence-corrected chi connectivity index (χ1v) is 10.0. The quantitative estimate of drug-likeness (QED) is 0.632. The fourth-order valence-corrected chi connectivity index (χ4v) is 4.36. The minimum atomic E-state index is -0.639. The summed E-state index contributed by atoms with van der Waals surface area (Å²) in [5, 5.41) is 4.23. The number of fused-ring (bicyclic) bond motifs is 2. The van der Waals surface area contributed by atoms with Crippen LogP contribution in [0.1, 0.15) is 23.0 Å². The van der Waals surface area contributed by atoms with Crippen molar-refractivity contribution < 1.29 is 0 Å². The van der Waals surface area contributed by atoms with E-state index in [1.807, 2.05) is 12.1 Å². The number of guanidine groups is 1. The number of nitrogens with one attached hydrogen (secondary N) is 1. The highest BCUT2D eigenvalue weighted by Gasteiger charge is 2.31. The Morgan fingerprint density at radius 2 is 1.97 bits per heavy atom. The standard InChI is InChI=1S/C21H17Cl2N5O/c1-12-10-18(29)28-19(15-7-6-14(22)11-16(15)23)25-20(26-21(28)24-12)27-9-8-13-4-2-3-5-17(13)27/h2-7,10-11,19H,8-9H2,1H3,(H,24,25,26)/t19-/m1/s1. The number of aliphatic imine (C=N–C) groups is 1. The summed E-state index contributed by atoms with van der Waals surface area (Å²) in [6.45, 7) is 2.59. The van der Waals surface area contributed by atoms with Crippen LogP contribution in [0.2, 0.25) is 10.0 Å². The van der Waals surface area contributed by atoms with E-state index in [9.17, 15) is 4.79 Å². The lowest BCUT2D eigenvalue weighted by Crippen LogP contribution is -2.43. The maximum Gasteiger partial charge on any atom is 0.257 e. The van der Waals surface area contributed by atoms with E-state index in [4.69, 9.17) is 28.2 Å². The zero-order chi connectivity index (χ0) is 20.1. The fourth-order valence-electron chi connectivity index (χ4n) is 3.85. The van der Waals surface area contributed by atoms with Gasteiger partial charge in [0.2, 0.25) is 11.9 Å². The van der Waals surface area contributed by atoms with Gasteiger partial charge in [-0.2, -0.15) is 0 Å². The van der Waals surface area contributed by atoms with Crippen molar-refractivity contribution in [3.63, 3.8) is 0 Å². The molecule has 0 aliphatic carbocycles. The molecule has 0 unspecified atom stereocenters. The van der Waals surface area contributed by atoms with E-state index in [1.165, 1.54) is 16.2 Å². The average molecular weight is 426 g/mol. The molecule has 2 aliphatic rings. The number of hydrogen-bond donors (Lipinski definition) is 1. The second-order valence-corrected chi connectivity index (χ2v) is 7.92. The summed E-state index contributed by atoms with van der Waals surface area (Å²) < 4.78 is 1.52. The molecule has 0 amide bonds. The maximum atomic E-state index is 12.8. The van der Waals surface area contributed by atoms with Crippen LogP contribution in [0.25, 0.3) is 0 Å². The summed E-state index contributed by atoms with van der Waals surface area (Å²) in [5.41, 5.74) is 3.50. The molecule has 0 saturated carbocycles. The number of benzene rings is 2. The second kappa shape index (κ2) is 6.90. The van der Waals surface area contributed by atoms with E-state index in [0.717, 1.165) is 18.7 Å². The Morgan fingerprint density at radius 3 is 2.79 bits per heavy atom. The van der Waals surface area contributed by atoms with E-state index in [0.29, 0.717) is 33.2 Å². The molecule has 1 aromatic heterocycles. The van der Waals surface area contributed by atoms with Gasteiger partial charge >= 0.3 is 0 Å². The number of rotatable bonds is 1. The number of aryl methyl sites for hydroxylation is 1. The second-order valence-electron chi connectivity index (χ2n) is 7.08. The first kappa shape index (κ1) is 18.2. The molecule has 2 aliphatic heterocycles. The highest BCUT2D eigenvalue weighted by Crippen LogP contribution is 2.35. The highest BCUT2D eigenvalue weighted by atomic mass is 35.5. The van der Waals surface area contributed by atoms with Crippen LogP contribution >= 0.6 is 23.2 Å². The van der Waals surface area contributed by atoms with Crippen molar-refractivity contribution in [2.45, 2.75) is 19.5 Å². The molecule has 6 nitrogen and oxygen atoms in total.